The number of hydrogen-bond donors (Lipinski definition) is 2. The van der Waals surface area contributed by atoms with Crippen molar-refractivity contribution in [2.75, 3.05) is 12.4 Å². The number of esters is 1. The minimum absolute atomic E-state index is 0.0586. The lowest BCUT2D eigenvalue weighted by Gasteiger charge is -2.10. The number of hydrogen-bond acceptors (Lipinski definition) is 7. The fourth-order valence-corrected chi connectivity index (χ4v) is 3.17. The maximum atomic E-state index is 12.8. The third kappa shape index (κ3) is 5.84. The first-order valence-electron chi connectivity index (χ1n) is 10.8. The molecule has 0 saturated carbocycles. The number of anilines is 1. The van der Waals surface area contributed by atoms with Gasteiger partial charge < -0.3 is 19.2 Å². The average molecular weight is 483 g/mol. The highest BCUT2D eigenvalue weighted by Gasteiger charge is 2.15. The lowest BCUT2D eigenvalue weighted by atomic mass is 10.1. The first kappa shape index (κ1) is 24.0. The SMILES string of the molecule is COc1ccc(C(=O)Nc2ccccc2C(=O)N/N=C\c2ccccc2OC(=O)c2ccco2)cc1. The number of carbonyl (C=O) groups excluding carboxylic acids is 3. The fraction of sp³-hybridized carbons (Fsp3) is 0.0370. The van der Waals surface area contributed by atoms with Gasteiger partial charge in [-0.05, 0) is 60.7 Å². The largest absolute Gasteiger partial charge is 0.497 e. The van der Waals surface area contributed by atoms with Gasteiger partial charge in [0.25, 0.3) is 11.8 Å². The van der Waals surface area contributed by atoms with Crippen LogP contribution >= 0.6 is 0 Å². The van der Waals surface area contributed by atoms with Gasteiger partial charge in [-0.1, -0.05) is 24.3 Å². The van der Waals surface area contributed by atoms with E-state index in [0.717, 1.165) is 0 Å². The molecule has 3 aromatic carbocycles. The summed E-state index contributed by atoms with van der Waals surface area (Å²) in [7, 11) is 1.54. The molecular weight excluding hydrogens is 462 g/mol. The van der Waals surface area contributed by atoms with E-state index in [2.05, 4.69) is 15.8 Å². The van der Waals surface area contributed by atoms with Crippen molar-refractivity contribution in [2.45, 2.75) is 0 Å². The Hall–Kier alpha value is -5.18. The van der Waals surface area contributed by atoms with Gasteiger partial charge in [0.15, 0.2) is 0 Å². The van der Waals surface area contributed by atoms with Gasteiger partial charge in [-0.2, -0.15) is 5.10 Å². The molecule has 2 N–H and O–H groups in total. The number of benzene rings is 3. The summed E-state index contributed by atoms with van der Waals surface area (Å²) < 4.78 is 15.5. The Morgan fingerprint density at radius 2 is 1.61 bits per heavy atom. The molecule has 2 amide bonds. The first-order valence-corrected chi connectivity index (χ1v) is 10.8. The van der Waals surface area contributed by atoms with E-state index >= 15 is 0 Å². The van der Waals surface area contributed by atoms with Crippen LogP contribution in [0, 0.1) is 0 Å². The van der Waals surface area contributed by atoms with Crippen molar-refractivity contribution in [3.05, 3.63) is 114 Å². The minimum atomic E-state index is -0.661. The summed E-state index contributed by atoms with van der Waals surface area (Å²) in [5.74, 6) is -0.657. The summed E-state index contributed by atoms with van der Waals surface area (Å²) in [5.41, 5.74) is 3.83. The summed E-state index contributed by atoms with van der Waals surface area (Å²) in [6.45, 7) is 0. The molecule has 0 aliphatic heterocycles. The van der Waals surface area contributed by atoms with E-state index in [9.17, 15) is 14.4 Å². The van der Waals surface area contributed by atoms with E-state index in [1.807, 2.05) is 0 Å². The first-order chi connectivity index (χ1) is 17.5. The normalized spacial score (nSPS) is 10.6. The van der Waals surface area contributed by atoms with Gasteiger partial charge in [0.05, 0.1) is 30.8 Å². The van der Waals surface area contributed by atoms with Gasteiger partial charge in [-0.25, -0.2) is 10.2 Å². The molecule has 180 valence electrons. The fourth-order valence-electron chi connectivity index (χ4n) is 3.17. The maximum Gasteiger partial charge on any atom is 0.379 e. The second kappa shape index (κ2) is 11.3. The van der Waals surface area contributed by atoms with Gasteiger partial charge in [0.1, 0.15) is 11.5 Å². The minimum Gasteiger partial charge on any atom is -0.497 e. The number of nitrogens with one attached hydrogen (secondary N) is 2. The van der Waals surface area contributed by atoms with E-state index in [1.54, 1.807) is 86.0 Å². The van der Waals surface area contributed by atoms with Crippen LogP contribution < -0.4 is 20.2 Å². The number of rotatable bonds is 8. The van der Waals surface area contributed by atoms with Gasteiger partial charge in [-0.3, -0.25) is 9.59 Å². The van der Waals surface area contributed by atoms with Crippen LogP contribution in [0.3, 0.4) is 0 Å². The average Bonchev–Trinajstić information content (AvgIpc) is 3.45. The lowest BCUT2D eigenvalue weighted by Crippen LogP contribution is -2.21. The molecule has 0 spiro atoms. The smallest absolute Gasteiger partial charge is 0.379 e. The van der Waals surface area contributed by atoms with Crippen molar-refractivity contribution in [3.8, 4) is 11.5 Å². The summed E-state index contributed by atoms with van der Waals surface area (Å²) in [6, 6.07) is 22.9. The molecule has 0 bridgehead atoms. The van der Waals surface area contributed by atoms with Crippen LogP contribution in [0.25, 0.3) is 0 Å². The molecule has 1 heterocycles. The molecule has 0 fully saturated rings. The second-order valence-electron chi connectivity index (χ2n) is 7.33. The molecule has 9 nitrogen and oxygen atoms in total. The molecule has 4 rings (SSSR count). The van der Waals surface area contributed by atoms with Crippen LogP contribution in [0.15, 0.2) is 101 Å². The quantitative estimate of drug-likeness (QED) is 0.165. The summed E-state index contributed by atoms with van der Waals surface area (Å²) >= 11 is 0. The topological polar surface area (TPSA) is 119 Å². The van der Waals surface area contributed by atoms with E-state index < -0.39 is 11.9 Å². The van der Waals surface area contributed by atoms with Crippen LogP contribution in [-0.2, 0) is 0 Å². The van der Waals surface area contributed by atoms with Crippen molar-refractivity contribution in [1.29, 1.82) is 0 Å². The monoisotopic (exact) mass is 483 g/mol. The molecule has 9 heteroatoms. The predicted octanol–water partition coefficient (Wildman–Crippen LogP) is 4.52. The Kier molecular flexibility index (Phi) is 7.52. The number of furan rings is 1. The van der Waals surface area contributed by atoms with Gasteiger partial charge >= 0.3 is 5.97 Å². The molecular formula is C27H21N3O6. The van der Waals surface area contributed by atoms with Crippen molar-refractivity contribution >= 4 is 29.7 Å². The molecule has 36 heavy (non-hydrogen) atoms. The molecule has 0 aliphatic rings. The summed E-state index contributed by atoms with van der Waals surface area (Å²) in [5, 5.41) is 6.72. The van der Waals surface area contributed by atoms with Crippen LogP contribution in [0.2, 0.25) is 0 Å². The maximum absolute atomic E-state index is 12.8. The molecule has 4 aromatic rings. The molecule has 0 unspecified atom stereocenters. The van der Waals surface area contributed by atoms with Gasteiger partial charge in [-0.15, -0.1) is 0 Å². The number of nitrogens with zero attached hydrogens (tertiary/aromatic N) is 1. The Labute approximate surface area is 206 Å². The highest BCUT2D eigenvalue weighted by molar-refractivity contribution is 6.09. The number of carbonyl (C=O) groups is 3. The predicted molar refractivity (Wildman–Crippen MR) is 133 cm³/mol. The molecule has 0 radical (unpaired) electrons. The Morgan fingerprint density at radius 3 is 2.36 bits per heavy atom. The van der Waals surface area contributed by atoms with Crippen LogP contribution in [0.4, 0.5) is 5.69 Å². The van der Waals surface area contributed by atoms with E-state index in [0.29, 0.717) is 22.6 Å². The number of ether oxygens (including phenoxy) is 2. The third-order valence-electron chi connectivity index (χ3n) is 4.99. The van der Waals surface area contributed by atoms with Crippen molar-refractivity contribution in [1.82, 2.24) is 5.43 Å². The number of para-hydroxylation sites is 2. The van der Waals surface area contributed by atoms with E-state index in [1.165, 1.54) is 18.5 Å². The Morgan fingerprint density at radius 1 is 0.861 bits per heavy atom. The van der Waals surface area contributed by atoms with Crippen LogP contribution in [0.1, 0.15) is 36.8 Å². The van der Waals surface area contributed by atoms with Crippen LogP contribution in [0.5, 0.6) is 11.5 Å². The zero-order valence-electron chi connectivity index (χ0n) is 19.1. The molecule has 1 aromatic heterocycles. The van der Waals surface area contributed by atoms with Gasteiger partial charge in [0.2, 0.25) is 5.76 Å². The number of methoxy groups -OCH3 is 1. The van der Waals surface area contributed by atoms with Gasteiger partial charge in [0, 0.05) is 11.1 Å². The molecule has 0 saturated heterocycles. The highest BCUT2D eigenvalue weighted by Crippen LogP contribution is 2.19. The van der Waals surface area contributed by atoms with E-state index in [-0.39, 0.29) is 23.0 Å². The number of amides is 2. The zero-order chi connectivity index (χ0) is 25.3. The summed E-state index contributed by atoms with van der Waals surface area (Å²) in [6.07, 6.45) is 2.72. The molecule has 0 atom stereocenters. The van der Waals surface area contributed by atoms with Crippen molar-refractivity contribution in [2.24, 2.45) is 5.10 Å². The highest BCUT2D eigenvalue weighted by atomic mass is 16.5. The Bertz CT molecular complexity index is 1400. The van der Waals surface area contributed by atoms with Crippen molar-refractivity contribution < 1.29 is 28.3 Å². The standard InChI is InChI=1S/C27H21N3O6/c1-34-20-14-12-18(13-15-20)25(31)29-22-9-4-3-8-21(22)26(32)30-28-17-19-7-2-5-10-23(19)36-27(33)24-11-6-16-35-24/h2-17H,1H3,(H,29,31)(H,30,32)/b28-17-. The lowest BCUT2D eigenvalue weighted by molar-refractivity contribution is 0.0700. The second-order valence-corrected chi connectivity index (χ2v) is 7.33. The summed E-state index contributed by atoms with van der Waals surface area (Å²) in [4.78, 5) is 37.6. The van der Waals surface area contributed by atoms with Crippen molar-refractivity contribution in [3.63, 3.8) is 0 Å². The number of hydrazone groups is 1. The molecule has 0 aliphatic carbocycles. The van der Waals surface area contributed by atoms with Crippen LogP contribution in [-0.4, -0.2) is 31.1 Å². The zero-order valence-corrected chi connectivity index (χ0v) is 19.1. The van der Waals surface area contributed by atoms with E-state index in [4.69, 9.17) is 13.9 Å². The Balaban J connectivity index is 1.43. The third-order valence-corrected chi connectivity index (χ3v) is 4.99.